The van der Waals surface area contributed by atoms with Crippen molar-refractivity contribution in [2.24, 2.45) is 17.8 Å². The monoisotopic (exact) mass is 250 g/mol. The highest BCUT2D eigenvalue weighted by molar-refractivity contribution is 5.82. The summed E-state index contributed by atoms with van der Waals surface area (Å²) in [5, 5.41) is 6.62. The van der Waals surface area contributed by atoms with E-state index in [1.54, 1.807) is 0 Å². The number of nitrogens with one attached hydrogen (secondary N) is 2. The SMILES string of the molecule is CCNC(C)C(=O)NC12CC3CC(CC(C3)C1)C2. The lowest BCUT2D eigenvalue weighted by molar-refractivity contribution is -0.128. The van der Waals surface area contributed by atoms with Gasteiger partial charge in [0.15, 0.2) is 0 Å². The molecule has 3 heteroatoms. The number of hydrogen-bond acceptors (Lipinski definition) is 2. The van der Waals surface area contributed by atoms with Crippen LogP contribution in [0.1, 0.15) is 52.4 Å². The first-order chi connectivity index (χ1) is 8.60. The van der Waals surface area contributed by atoms with E-state index in [4.69, 9.17) is 0 Å². The summed E-state index contributed by atoms with van der Waals surface area (Å²) < 4.78 is 0. The average molecular weight is 250 g/mol. The summed E-state index contributed by atoms with van der Waals surface area (Å²) in [5.74, 6) is 2.89. The number of amides is 1. The summed E-state index contributed by atoms with van der Waals surface area (Å²) in [6, 6.07) is -0.0528. The molecule has 4 saturated carbocycles. The molecule has 0 aromatic rings. The van der Waals surface area contributed by atoms with E-state index >= 15 is 0 Å². The largest absolute Gasteiger partial charge is 0.349 e. The number of hydrogen-bond donors (Lipinski definition) is 2. The molecular formula is C15H26N2O. The minimum absolute atomic E-state index is 0.0528. The molecule has 1 unspecified atom stereocenters. The molecular weight excluding hydrogens is 224 g/mol. The maximum atomic E-state index is 12.2. The van der Waals surface area contributed by atoms with Crippen molar-refractivity contribution < 1.29 is 4.79 Å². The van der Waals surface area contributed by atoms with E-state index in [1.165, 1.54) is 38.5 Å². The molecule has 0 saturated heterocycles. The minimum atomic E-state index is -0.0528. The summed E-state index contributed by atoms with van der Waals surface area (Å²) in [6.07, 6.45) is 8.00. The fourth-order valence-corrected chi connectivity index (χ4v) is 5.03. The van der Waals surface area contributed by atoms with Crippen LogP contribution in [0, 0.1) is 17.8 Å². The van der Waals surface area contributed by atoms with Crippen molar-refractivity contribution in [1.29, 1.82) is 0 Å². The van der Waals surface area contributed by atoms with Gasteiger partial charge in [0, 0.05) is 5.54 Å². The molecule has 4 rings (SSSR count). The number of carbonyl (C=O) groups excluding carboxylic acids is 1. The predicted octanol–water partition coefficient (Wildman–Crippen LogP) is 2.07. The van der Waals surface area contributed by atoms with Gasteiger partial charge < -0.3 is 10.6 Å². The second-order valence-corrected chi connectivity index (χ2v) is 6.97. The molecule has 4 aliphatic carbocycles. The maximum absolute atomic E-state index is 12.2. The van der Waals surface area contributed by atoms with Crippen molar-refractivity contribution in [3.05, 3.63) is 0 Å². The van der Waals surface area contributed by atoms with Crippen LogP contribution < -0.4 is 10.6 Å². The van der Waals surface area contributed by atoms with Gasteiger partial charge in [-0.2, -0.15) is 0 Å². The van der Waals surface area contributed by atoms with Crippen LogP contribution in [0.15, 0.2) is 0 Å². The molecule has 0 aromatic heterocycles. The number of carbonyl (C=O) groups is 1. The molecule has 102 valence electrons. The normalized spacial score (nSPS) is 42.9. The third-order valence-electron chi connectivity index (χ3n) is 5.33. The Morgan fingerprint density at radius 3 is 2.11 bits per heavy atom. The number of rotatable bonds is 4. The molecule has 0 spiro atoms. The third kappa shape index (κ3) is 2.18. The molecule has 0 aliphatic heterocycles. The highest BCUT2D eigenvalue weighted by Gasteiger charge is 2.51. The van der Waals surface area contributed by atoms with Gasteiger partial charge in [-0.1, -0.05) is 6.92 Å². The lowest BCUT2D eigenvalue weighted by Gasteiger charge is -2.57. The quantitative estimate of drug-likeness (QED) is 0.802. The van der Waals surface area contributed by atoms with E-state index in [2.05, 4.69) is 17.6 Å². The van der Waals surface area contributed by atoms with Gasteiger partial charge in [-0.25, -0.2) is 0 Å². The van der Waals surface area contributed by atoms with E-state index in [0.29, 0.717) is 0 Å². The lowest BCUT2D eigenvalue weighted by Crippen LogP contribution is -2.62. The summed E-state index contributed by atoms with van der Waals surface area (Å²) >= 11 is 0. The van der Waals surface area contributed by atoms with Crippen molar-refractivity contribution in [3.8, 4) is 0 Å². The second kappa shape index (κ2) is 4.52. The topological polar surface area (TPSA) is 41.1 Å². The first kappa shape index (κ1) is 12.5. The van der Waals surface area contributed by atoms with Crippen molar-refractivity contribution in [2.75, 3.05) is 6.54 Å². The molecule has 0 aromatic carbocycles. The Hall–Kier alpha value is -0.570. The van der Waals surface area contributed by atoms with Crippen LogP contribution in [0.25, 0.3) is 0 Å². The summed E-state index contributed by atoms with van der Waals surface area (Å²) in [5.41, 5.74) is 0.162. The molecule has 1 atom stereocenters. The first-order valence-electron chi connectivity index (χ1n) is 7.65. The molecule has 0 radical (unpaired) electrons. The van der Waals surface area contributed by atoms with E-state index in [-0.39, 0.29) is 17.5 Å². The Bertz CT molecular complexity index is 304. The van der Waals surface area contributed by atoms with E-state index in [1.807, 2.05) is 6.92 Å². The van der Waals surface area contributed by atoms with Crippen LogP contribution in [-0.4, -0.2) is 24.0 Å². The van der Waals surface area contributed by atoms with Crippen molar-refractivity contribution in [2.45, 2.75) is 64.0 Å². The van der Waals surface area contributed by atoms with Crippen LogP contribution in [-0.2, 0) is 4.79 Å². The first-order valence-corrected chi connectivity index (χ1v) is 7.65. The Morgan fingerprint density at radius 1 is 1.17 bits per heavy atom. The molecule has 3 nitrogen and oxygen atoms in total. The fourth-order valence-electron chi connectivity index (χ4n) is 5.03. The standard InChI is InChI=1S/C15H26N2O/c1-3-16-10(2)14(18)17-15-7-11-4-12(8-15)6-13(5-11)9-15/h10-13,16H,3-9H2,1-2H3,(H,17,18). The Morgan fingerprint density at radius 2 is 1.67 bits per heavy atom. The van der Waals surface area contributed by atoms with Gasteiger partial charge in [-0.05, 0) is 69.7 Å². The Balaban J connectivity index is 1.67. The van der Waals surface area contributed by atoms with Gasteiger partial charge in [0.2, 0.25) is 5.91 Å². The van der Waals surface area contributed by atoms with E-state index in [0.717, 1.165) is 24.3 Å². The van der Waals surface area contributed by atoms with Crippen molar-refractivity contribution in [3.63, 3.8) is 0 Å². The average Bonchev–Trinajstić information content (AvgIpc) is 2.26. The summed E-state index contributed by atoms with van der Waals surface area (Å²) in [7, 11) is 0. The highest BCUT2D eigenvalue weighted by Crippen LogP contribution is 2.55. The highest BCUT2D eigenvalue weighted by atomic mass is 16.2. The zero-order valence-electron chi connectivity index (χ0n) is 11.7. The second-order valence-electron chi connectivity index (χ2n) is 6.97. The number of likely N-dealkylation sites (N-methyl/N-ethyl adjacent to an activating group) is 1. The third-order valence-corrected chi connectivity index (χ3v) is 5.33. The Labute approximate surface area is 110 Å². The van der Waals surface area contributed by atoms with Crippen LogP contribution in [0.3, 0.4) is 0 Å². The molecule has 4 bridgehead atoms. The zero-order chi connectivity index (χ0) is 12.8. The lowest BCUT2D eigenvalue weighted by atomic mass is 9.53. The minimum Gasteiger partial charge on any atom is -0.349 e. The van der Waals surface area contributed by atoms with Crippen LogP contribution in [0.2, 0.25) is 0 Å². The molecule has 4 aliphatic rings. The zero-order valence-corrected chi connectivity index (χ0v) is 11.7. The molecule has 4 fully saturated rings. The van der Waals surface area contributed by atoms with Crippen LogP contribution >= 0.6 is 0 Å². The molecule has 2 N–H and O–H groups in total. The van der Waals surface area contributed by atoms with Crippen LogP contribution in [0.5, 0.6) is 0 Å². The molecule has 1 amide bonds. The van der Waals surface area contributed by atoms with Crippen molar-refractivity contribution in [1.82, 2.24) is 10.6 Å². The van der Waals surface area contributed by atoms with Gasteiger partial charge in [0.05, 0.1) is 6.04 Å². The van der Waals surface area contributed by atoms with E-state index < -0.39 is 0 Å². The van der Waals surface area contributed by atoms with Crippen LogP contribution in [0.4, 0.5) is 0 Å². The van der Waals surface area contributed by atoms with Crippen molar-refractivity contribution >= 4 is 5.91 Å². The molecule has 0 heterocycles. The summed E-state index contributed by atoms with van der Waals surface area (Å²) in [6.45, 7) is 4.88. The van der Waals surface area contributed by atoms with Gasteiger partial charge >= 0.3 is 0 Å². The van der Waals surface area contributed by atoms with Gasteiger partial charge in [-0.3, -0.25) is 4.79 Å². The predicted molar refractivity (Wildman–Crippen MR) is 72.2 cm³/mol. The van der Waals surface area contributed by atoms with Gasteiger partial charge in [0.25, 0.3) is 0 Å². The fraction of sp³-hybridized carbons (Fsp3) is 0.933. The van der Waals surface area contributed by atoms with E-state index in [9.17, 15) is 4.79 Å². The molecule has 18 heavy (non-hydrogen) atoms. The smallest absolute Gasteiger partial charge is 0.237 e. The van der Waals surface area contributed by atoms with Gasteiger partial charge in [-0.15, -0.1) is 0 Å². The maximum Gasteiger partial charge on any atom is 0.237 e. The Kier molecular flexibility index (Phi) is 3.13. The summed E-state index contributed by atoms with van der Waals surface area (Å²) in [4.78, 5) is 12.2. The van der Waals surface area contributed by atoms with Gasteiger partial charge in [0.1, 0.15) is 0 Å².